The van der Waals surface area contributed by atoms with Crippen molar-refractivity contribution in [3.63, 3.8) is 0 Å². The second kappa shape index (κ2) is 4.16. The van der Waals surface area contributed by atoms with Crippen LogP contribution in [0.25, 0.3) is 0 Å². The summed E-state index contributed by atoms with van der Waals surface area (Å²) in [7, 11) is 0. The number of hydrogen-bond donors (Lipinski definition) is 2. The molecule has 2 rings (SSSR count). The van der Waals surface area contributed by atoms with Crippen LogP contribution < -0.4 is 10.5 Å². The third-order valence-corrected chi connectivity index (χ3v) is 2.67. The monoisotopic (exact) mass is 211 g/mol. The second-order valence-electron chi connectivity index (χ2n) is 3.75. The van der Waals surface area contributed by atoms with Gasteiger partial charge < -0.3 is 15.6 Å². The Morgan fingerprint density at radius 2 is 2.40 bits per heavy atom. The van der Waals surface area contributed by atoms with Crippen molar-refractivity contribution in [2.24, 2.45) is 5.73 Å². The molecule has 3 nitrogen and oxygen atoms in total. The number of aliphatic hydroxyl groups is 1. The molecule has 3 N–H and O–H groups in total. The zero-order valence-electron chi connectivity index (χ0n) is 8.32. The first-order chi connectivity index (χ1) is 7.20. The molecule has 1 heterocycles. The predicted molar refractivity (Wildman–Crippen MR) is 54.2 cm³/mol. The summed E-state index contributed by atoms with van der Waals surface area (Å²) in [5.41, 5.74) is 6.21. The van der Waals surface area contributed by atoms with Crippen molar-refractivity contribution >= 4 is 0 Å². The van der Waals surface area contributed by atoms with Gasteiger partial charge in [-0.15, -0.1) is 0 Å². The lowest BCUT2D eigenvalue weighted by Crippen LogP contribution is -2.39. The van der Waals surface area contributed by atoms with Gasteiger partial charge in [-0.2, -0.15) is 0 Å². The van der Waals surface area contributed by atoms with Gasteiger partial charge in [-0.25, -0.2) is 4.39 Å². The number of nitrogens with two attached hydrogens (primary N) is 1. The summed E-state index contributed by atoms with van der Waals surface area (Å²) in [4.78, 5) is 0. The van der Waals surface area contributed by atoms with Crippen molar-refractivity contribution in [3.8, 4) is 5.75 Å². The average Bonchev–Trinajstić information content (AvgIpc) is 2.27. The van der Waals surface area contributed by atoms with Crippen LogP contribution >= 0.6 is 0 Å². The van der Waals surface area contributed by atoms with Crippen molar-refractivity contribution in [2.75, 3.05) is 6.54 Å². The molecule has 0 saturated heterocycles. The Kier molecular flexibility index (Phi) is 2.88. The molecule has 0 amide bonds. The number of ether oxygens (including phenoxy) is 1. The highest BCUT2D eigenvalue weighted by molar-refractivity contribution is 5.35. The standard InChI is InChI=1S/C11H14FNO2/c12-8-2-4-10-7(5-8)1-3-11(15-10)9(14)6-13/h2,4-5,9,11,14H,1,3,6,13H2/t9-,11?/m1/s1. The first-order valence-electron chi connectivity index (χ1n) is 5.04. The molecular weight excluding hydrogens is 197 g/mol. The Hall–Kier alpha value is -1.13. The predicted octanol–water partition coefficient (Wildman–Crippen LogP) is 0.839. The Balaban J connectivity index is 2.16. The molecule has 1 aliphatic heterocycles. The molecule has 0 spiro atoms. The molecule has 0 radical (unpaired) electrons. The summed E-state index contributed by atoms with van der Waals surface area (Å²) in [5, 5.41) is 9.54. The lowest BCUT2D eigenvalue weighted by Gasteiger charge is -2.28. The van der Waals surface area contributed by atoms with E-state index in [0.29, 0.717) is 12.2 Å². The van der Waals surface area contributed by atoms with E-state index in [9.17, 15) is 9.50 Å². The highest BCUT2D eigenvalue weighted by Gasteiger charge is 2.25. The third-order valence-electron chi connectivity index (χ3n) is 2.67. The molecular formula is C11H14FNO2. The van der Waals surface area contributed by atoms with Crippen LogP contribution in [-0.4, -0.2) is 23.9 Å². The van der Waals surface area contributed by atoms with E-state index in [4.69, 9.17) is 10.5 Å². The second-order valence-corrected chi connectivity index (χ2v) is 3.75. The Bertz CT molecular complexity index is 356. The molecule has 0 saturated carbocycles. The van der Waals surface area contributed by atoms with Crippen LogP contribution in [0.5, 0.6) is 5.75 Å². The molecule has 15 heavy (non-hydrogen) atoms. The smallest absolute Gasteiger partial charge is 0.126 e. The van der Waals surface area contributed by atoms with Crippen LogP contribution in [0.15, 0.2) is 18.2 Å². The molecule has 2 atom stereocenters. The zero-order chi connectivity index (χ0) is 10.8. The quantitative estimate of drug-likeness (QED) is 0.762. The van der Waals surface area contributed by atoms with Gasteiger partial charge in [0.25, 0.3) is 0 Å². The van der Waals surface area contributed by atoms with Gasteiger partial charge in [-0.1, -0.05) is 0 Å². The number of hydrogen-bond acceptors (Lipinski definition) is 3. The van der Waals surface area contributed by atoms with Gasteiger partial charge in [0, 0.05) is 6.54 Å². The van der Waals surface area contributed by atoms with Crippen molar-refractivity contribution in [2.45, 2.75) is 25.0 Å². The molecule has 0 aromatic heterocycles. The molecule has 1 aromatic carbocycles. The Labute approximate surface area is 87.7 Å². The molecule has 0 aliphatic carbocycles. The van der Waals surface area contributed by atoms with Crippen molar-refractivity contribution < 1.29 is 14.2 Å². The number of aliphatic hydroxyl groups excluding tert-OH is 1. The van der Waals surface area contributed by atoms with Gasteiger partial charge in [0.1, 0.15) is 23.8 Å². The van der Waals surface area contributed by atoms with Gasteiger partial charge in [-0.3, -0.25) is 0 Å². The van der Waals surface area contributed by atoms with E-state index < -0.39 is 6.10 Å². The summed E-state index contributed by atoms with van der Waals surface area (Å²) in [5.74, 6) is 0.398. The van der Waals surface area contributed by atoms with E-state index in [1.54, 1.807) is 6.07 Å². The van der Waals surface area contributed by atoms with Crippen molar-refractivity contribution in [3.05, 3.63) is 29.6 Å². The molecule has 1 aliphatic rings. The third kappa shape index (κ3) is 2.11. The molecule has 1 unspecified atom stereocenters. The van der Waals surface area contributed by atoms with Gasteiger partial charge in [-0.05, 0) is 36.6 Å². The maximum atomic E-state index is 12.9. The van der Waals surface area contributed by atoms with Gasteiger partial charge in [0.05, 0.1) is 0 Å². The van der Waals surface area contributed by atoms with E-state index in [1.165, 1.54) is 12.1 Å². The number of rotatable bonds is 2. The average molecular weight is 211 g/mol. The summed E-state index contributed by atoms with van der Waals surface area (Å²) in [6, 6.07) is 4.43. The highest BCUT2D eigenvalue weighted by atomic mass is 19.1. The van der Waals surface area contributed by atoms with Crippen LogP contribution in [-0.2, 0) is 6.42 Å². The van der Waals surface area contributed by atoms with Crippen LogP contribution in [0.1, 0.15) is 12.0 Å². The first-order valence-corrected chi connectivity index (χ1v) is 5.04. The van der Waals surface area contributed by atoms with E-state index in [2.05, 4.69) is 0 Å². The zero-order valence-corrected chi connectivity index (χ0v) is 8.32. The normalized spacial score (nSPS) is 21.7. The van der Waals surface area contributed by atoms with E-state index >= 15 is 0 Å². The number of benzene rings is 1. The summed E-state index contributed by atoms with van der Waals surface area (Å²) < 4.78 is 18.4. The molecule has 0 fully saturated rings. The number of halogens is 1. The fourth-order valence-electron chi connectivity index (χ4n) is 1.80. The van der Waals surface area contributed by atoms with Gasteiger partial charge in [0.2, 0.25) is 0 Å². The molecule has 0 bridgehead atoms. The van der Waals surface area contributed by atoms with E-state index in [1.807, 2.05) is 0 Å². The Morgan fingerprint density at radius 1 is 1.60 bits per heavy atom. The first kappa shape index (κ1) is 10.4. The molecule has 4 heteroatoms. The van der Waals surface area contributed by atoms with Crippen LogP contribution in [0.4, 0.5) is 4.39 Å². The minimum atomic E-state index is -0.650. The van der Waals surface area contributed by atoms with E-state index in [-0.39, 0.29) is 18.5 Å². The lowest BCUT2D eigenvalue weighted by molar-refractivity contribution is 0.0296. The fourth-order valence-corrected chi connectivity index (χ4v) is 1.80. The fraction of sp³-hybridized carbons (Fsp3) is 0.455. The van der Waals surface area contributed by atoms with Crippen molar-refractivity contribution in [1.82, 2.24) is 0 Å². The highest BCUT2D eigenvalue weighted by Crippen LogP contribution is 2.29. The van der Waals surface area contributed by atoms with Gasteiger partial charge >= 0.3 is 0 Å². The maximum absolute atomic E-state index is 12.9. The molecule has 1 aromatic rings. The number of fused-ring (bicyclic) bond motifs is 1. The molecule has 82 valence electrons. The lowest BCUT2D eigenvalue weighted by atomic mass is 9.99. The van der Waals surface area contributed by atoms with Crippen LogP contribution in [0, 0.1) is 5.82 Å². The van der Waals surface area contributed by atoms with Crippen LogP contribution in [0.3, 0.4) is 0 Å². The topological polar surface area (TPSA) is 55.5 Å². The minimum Gasteiger partial charge on any atom is -0.487 e. The van der Waals surface area contributed by atoms with Crippen LogP contribution in [0.2, 0.25) is 0 Å². The Morgan fingerprint density at radius 3 is 3.13 bits per heavy atom. The van der Waals surface area contributed by atoms with E-state index in [0.717, 1.165) is 12.0 Å². The maximum Gasteiger partial charge on any atom is 0.126 e. The van der Waals surface area contributed by atoms with Gasteiger partial charge in [0.15, 0.2) is 0 Å². The van der Waals surface area contributed by atoms with Crippen molar-refractivity contribution in [1.29, 1.82) is 0 Å². The SMILES string of the molecule is NC[C@@H](O)C1CCc2cc(F)ccc2O1. The summed E-state index contributed by atoms with van der Waals surface area (Å²) >= 11 is 0. The largest absolute Gasteiger partial charge is 0.487 e. The minimum absolute atomic E-state index is 0.182. The summed E-state index contributed by atoms with van der Waals surface area (Å²) in [6.07, 6.45) is 0.472. The number of aryl methyl sites for hydroxylation is 1. The summed E-state index contributed by atoms with van der Waals surface area (Å²) in [6.45, 7) is 0.182.